The van der Waals surface area contributed by atoms with Crippen molar-refractivity contribution in [1.29, 1.82) is 0 Å². The fraction of sp³-hybridized carbons (Fsp3) is 0.111. The molecule has 0 amide bonds. The van der Waals surface area contributed by atoms with E-state index in [-0.39, 0.29) is 6.54 Å². The second-order valence-corrected chi connectivity index (χ2v) is 2.66. The topological polar surface area (TPSA) is 69.1 Å². The lowest BCUT2D eigenvalue weighted by atomic mass is 10.2. The van der Waals surface area contributed by atoms with Crippen LogP contribution in [0, 0.1) is 0 Å². The first-order chi connectivity index (χ1) is 6.33. The molecule has 0 bridgehead atoms. The minimum absolute atomic E-state index is 0.269. The number of carbonyl (C=O) groups is 1. The highest BCUT2D eigenvalue weighted by Gasteiger charge is 2.03. The summed E-state index contributed by atoms with van der Waals surface area (Å²) in [5, 5.41) is 0. The fourth-order valence-corrected chi connectivity index (χ4v) is 1.15. The van der Waals surface area contributed by atoms with E-state index < -0.39 is 0 Å². The minimum Gasteiger partial charge on any atom is -0.439 e. The van der Waals surface area contributed by atoms with Crippen LogP contribution in [-0.2, 0) is 6.54 Å². The quantitative estimate of drug-likeness (QED) is 0.695. The Balaban J connectivity index is 2.63. The maximum atomic E-state index is 10.4. The number of rotatable bonds is 2. The van der Waals surface area contributed by atoms with E-state index in [0.717, 1.165) is 6.29 Å². The molecule has 0 radical (unpaired) electrons. The van der Waals surface area contributed by atoms with Gasteiger partial charge in [-0.1, -0.05) is 0 Å². The predicted octanol–water partition coefficient (Wildman–Crippen LogP) is 1.10. The van der Waals surface area contributed by atoms with E-state index in [1.54, 1.807) is 18.2 Å². The molecule has 1 aromatic carbocycles. The van der Waals surface area contributed by atoms with Crippen molar-refractivity contribution in [1.82, 2.24) is 4.98 Å². The first kappa shape index (κ1) is 7.94. The largest absolute Gasteiger partial charge is 0.439 e. The summed E-state index contributed by atoms with van der Waals surface area (Å²) in [5.41, 5.74) is 7.28. The number of hydrogen-bond acceptors (Lipinski definition) is 4. The van der Waals surface area contributed by atoms with Crippen molar-refractivity contribution in [3.63, 3.8) is 0 Å². The monoisotopic (exact) mass is 176 g/mol. The van der Waals surface area contributed by atoms with Gasteiger partial charge in [-0.3, -0.25) is 4.79 Å². The Bertz CT molecular complexity index is 448. The van der Waals surface area contributed by atoms with E-state index in [0.29, 0.717) is 22.6 Å². The number of benzene rings is 1. The number of oxazole rings is 1. The van der Waals surface area contributed by atoms with Crippen molar-refractivity contribution in [3.05, 3.63) is 29.7 Å². The van der Waals surface area contributed by atoms with E-state index >= 15 is 0 Å². The Kier molecular flexibility index (Phi) is 1.83. The molecule has 13 heavy (non-hydrogen) atoms. The zero-order valence-corrected chi connectivity index (χ0v) is 6.86. The second kappa shape index (κ2) is 2.99. The molecule has 66 valence electrons. The van der Waals surface area contributed by atoms with E-state index in [1.165, 1.54) is 0 Å². The molecule has 2 N–H and O–H groups in total. The fourth-order valence-electron chi connectivity index (χ4n) is 1.15. The Labute approximate surface area is 74.4 Å². The zero-order valence-electron chi connectivity index (χ0n) is 6.86. The number of aldehydes is 1. The molecule has 0 aliphatic heterocycles. The molecule has 0 aliphatic rings. The summed E-state index contributed by atoms with van der Waals surface area (Å²) >= 11 is 0. The molecule has 4 heteroatoms. The third kappa shape index (κ3) is 1.31. The SMILES string of the molecule is NCc1nc2cc(C=O)ccc2o1. The number of fused-ring (bicyclic) bond motifs is 1. The molecule has 0 fully saturated rings. The molecular formula is C9H8N2O2. The van der Waals surface area contributed by atoms with Gasteiger partial charge in [0.05, 0.1) is 6.54 Å². The maximum absolute atomic E-state index is 10.4. The molecule has 1 heterocycles. The van der Waals surface area contributed by atoms with Gasteiger partial charge in [-0.15, -0.1) is 0 Å². The number of hydrogen-bond donors (Lipinski definition) is 1. The minimum atomic E-state index is 0.269. The first-order valence-electron chi connectivity index (χ1n) is 3.88. The van der Waals surface area contributed by atoms with Crippen molar-refractivity contribution in [3.8, 4) is 0 Å². The summed E-state index contributed by atoms with van der Waals surface area (Å²) in [4.78, 5) is 14.5. The molecule has 0 unspecified atom stereocenters. The third-order valence-corrected chi connectivity index (χ3v) is 1.77. The lowest BCUT2D eigenvalue weighted by Crippen LogP contribution is -1.95. The maximum Gasteiger partial charge on any atom is 0.209 e. The molecule has 2 aromatic rings. The predicted molar refractivity (Wildman–Crippen MR) is 47.3 cm³/mol. The van der Waals surface area contributed by atoms with Crippen LogP contribution in [0.3, 0.4) is 0 Å². The molecule has 2 rings (SSSR count). The second-order valence-electron chi connectivity index (χ2n) is 2.66. The molecule has 4 nitrogen and oxygen atoms in total. The van der Waals surface area contributed by atoms with Crippen molar-refractivity contribution in [2.75, 3.05) is 0 Å². The third-order valence-electron chi connectivity index (χ3n) is 1.77. The summed E-state index contributed by atoms with van der Waals surface area (Å²) in [6, 6.07) is 5.07. The Morgan fingerprint density at radius 1 is 1.54 bits per heavy atom. The van der Waals surface area contributed by atoms with Crippen molar-refractivity contribution >= 4 is 17.4 Å². The van der Waals surface area contributed by atoms with Crippen LogP contribution in [0.1, 0.15) is 16.2 Å². The van der Waals surface area contributed by atoms with Crippen LogP contribution in [0.15, 0.2) is 22.6 Å². The van der Waals surface area contributed by atoms with Crippen LogP contribution in [0.25, 0.3) is 11.1 Å². The van der Waals surface area contributed by atoms with Crippen LogP contribution >= 0.6 is 0 Å². The van der Waals surface area contributed by atoms with E-state index in [1.807, 2.05) is 0 Å². The van der Waals surface area contributed by atoms with Gasteiger partial charge in [-0.25, -0.2) is 4.98 Å². The first-order valence-corrected chi connectivity index (χ1v) is 3.88. The Hall–Kier alpha value is -1.68. The number of nitrogens with zero attached hydrogens (tertiary/aromatic N) is 1. The van der Waals surface area contributed by atoms with Gasteiger partial charge in [0.1, 0.15) is 11.8 Å². The van der Waals surface area contributed by atoms with Crippen LogP contribution in [0.4, 0.5) is 0 Å². The van der Waals surface area contributed by atoms with Gasteiger partial charge in [0.2, 0.25) is 5.89 Å². The van der Waals surface area contributed by atoms with Gasteiger partial charge in [0.25, 0.3) is 0 Å². The molecule has 0 aliphatic carbocycles. The zero-order chi connectivity index (χ0) is 9.26. The van der Waals surface area contributed by atoms with E-state index in [2.05, 4.69) is 4.98 Å². The van der Waals surface area contributed by atoms with Gasteiger partial charge in [0, 0.05) is 5.56 Å². The molecule has 0 saturated carbocycles. The van der Waals surface area contributed by atoms with Crippen LogP contribution in [0.2, 0.25) is 0 Å². The van der Waals surface area contributed by atoms with Crippen molar-refractivity contribution in [2.24, 2.45) is 5.73 Å². The van der Waals surface area contributed by atoms with Gasteiger partial charge in [-0.05, 0) is 18.2 Å². The van der Waals surface area contributed by atoms with Crippen molar-refractivity contribution in [2.45, 2.75) is 6.54 Å². The summed E-state index contributed by atoms with van der Waals surface area (Å²) in [6.45, 7) is 0.269. The summed E-state index contributed by atoms with van der Waals surface area (Å²) in [6.07, 6.45) is 0.774. The van der Waals surface area contributed by atoms with E-state index in [4.69, 9.17) is 10.2 Å². The molecule has 0 atom stereocenters. The smallest absolute Gasteiger partial charge is 0.209 e. The van der Waals surface area contributed by atoms with Gasteiger partial charge >= 0.3 is 0 Å². The van der Waals surface area contributed by atoms with Crippen LogP contribution in [-0.4, -0.2) is 11.3 Å². The number of carbonyl (C=O) groups excluding carboxylic acids is 1. The lowest BCUT2D eigenvalue weighted by molar-refractivity contribution is 0.112. The summed E-state index contributed by atoms with van der Waals surface area (Å²) in [5.74, 6) is 0.484. The average molecular weight is 176 g/mol. The summed E-state index contributed by atoms with van der Waals surface area (Å²) < 4.78 is 5.26. The number of nitrogens with two attached hydrogens (primary N) is 1. The Morgan fingerprint density at radius 3 is 3.08 bits per heavy atom. The van der Waals surface area contributed by atoms with Crippen molar-refractivity contribution < 1.29 is 9.21 Å². The highest BCUT2D eigenvalue weighted by molar-refractivity contribution is 5.83. The normalized spacial score (nSPS) is 10.5. The molecule has 0 saturated heterocycles. The summed E-state index contributed by atoms with van der Waals surface area (Å²) in [7, 11) is 0. The average Bonchev–Trinajstić information content (AvgIpc) is 2.58. The van der Waals surface area contributed by atoms with Crippen LogP contribution in [0.5, 0.6) is 0 Å². The van der Waals surface area contributed by atoms with Gasteiger partial charge < -0.3 is 10.2 Å². The highest BCUT2D eigenvalue weighted by atomic mass is 16.3. The molecule has 1 aromatic heterocycles. The van der Waals surface area contributed by atoms with E-state index in [9.17, 15) is 4.79 Å². The number of aromatic nitrogens is 1. The van der Waals surface area contributed by atoms with Gasteiger partial charge in [0.15, 0.2) is 5.58 Å². The van der Waals surface area contributed by atoms with Crippen LogP contribution < -0.4 is 5.73 Å². The molecular weight excluding hydrogens is 168 g/mol. The molecule has 0 spiro atoms. The Morgan fingerprint density at radius 2 is 2.38 bits per heavy atom. The highest BCUT2D eigenvalue weighted by Crippen LogP contribution is 2.15. The lowest BCUT2D eigenvalue weighted by Gasteiger charge is -1.86. The van der Waals surface area contributed by atoms with Gasteiger partial charge in [-0.2, -0.15) is 0 Å². The standard InChI is InChI=1S/C9H8N2O2/c10-4-9-11-7-3-6(5-12)1-2-8(7)13-9/h1-3,5H,4,10H2.